The van der Waals surface area contributed by atoms with Crippen molar-refractivity contribution in [1.29, 1.82) is 0 Å². The summed E-state index contributed by atoms with van der Waals surface area (Å²) in [5.74, 6) is 1.73. The van der Waals surface area contributed by atoms with Crippen LogP contribution in [0.5, 0.6) is 11.6 Å². The number of carbonyl (C=O) groups excluding carboxylic acids is 1. The van der Waals surface area contributed by atoms with Crippen molar-refractivity contribution >= 4 is 11.6 Å². The first-order chi connectivity index (χ1) is 11.6. The molecule has 1 aromatic carbocycles. The third kappa shape index (κ3) is 3.78. The van der Waals surface area contributed by atoms with Gasteiger partial charge < -0.3 is 14.6 Å². The van der Waals surface area contributed by atoms with Gasteiger partial charge in [0.2, 0.25) is 11.8 Å². The van der Waals surface area contributed by atoms with E-state index in [1.807, 2.05) is 42.9 Å². The van der Waals surface area contributed by atoms with Gasteiger partial charge in [-0.3, -0.25) is 4.79 Å². The summed E-state index contributed by atoms with van der Waals surface area (Å²) in [7, 11) is 0. The van der Waals surface area contributed by atoms with Crippen LogP contribution in [-0.4, -0.2) is 20.4 Å². The van der Waals surface area contributed by atoms with Crippen LogP contribution in [0.3, 0.4) is 0 Å². The molecule has 0 unspecified atom stereocenters. The minimum atomic E-state index is -0.0611. The molecule has 24 heavy (non-hydrogen) atoms. The standard InChI is InChI=1S/C18H18N4O2/c1-13(2)18(23)21-14-5-7-15(8-6-14)24-17-11-16(19-12-20-17)22-9-3-4-10-22/h3-13H,1-2H3,(H,21,23). The van der Waals surface area contributed by atoms with Gasteiger partial charge in [-0.1, -0.05) is 13.8 Å². The topological polar surface area (TPSA) is 69.0 Å². The second kappa shape index (κ2) is 6.95. The SMILES string of the molecule is CC(C)C(=O)Nc1ccc(Oc2cc(-n3cccc3)ncn2)cc1. The van der Waals surface area contributed by atoms with E-state index in [2.05, 4.69) is 15.3 Å². The average molecular weight is 322 g/mol. The smallest absolute Gasteiger partial charge is 0.226 e. The molecule has 2 aromatic heterocycles. The van der Waals surface area contributed by atoms with E-state index in [0.717, 1.165) is 11.5 Å². The molecule has 0 aliphatic rings. The number of aromatic nitrogens is 3. The first-order valence-corrected chi connectivity index (χ1v) is 7.66. The number of anilines is 1. The summed E-state index contributed by atoms with van der Waals surface area (Å²) in [4.78, 5) is 20.0. The molecule has 122 valence electrons. The molecule has 0 aliphatic carbocycles. The summed E-state index contributed by atoms with van der Waals surface area (Å²) >= 11 is 0. The third-order valence-electron chi connectivity index (χ3n) is 3.37. The van der Waals surface area contributed by atoms with Gasteiger partial charge in [0.1, 0.15) is 17.9 Å². The number of rotatable bonds is 5. The number of nitrogens with one attached hydrogen (secondary N) is 1. The molecule has 3 rings (SSSR count). The van der Waals surface area contributed by atoms with Crippen LogP contribution >= 0.6 is 0 Å². The molecule has 1 amide bonds. The van der Waals surface area contributed by atoms with Gasteiger partial charge in [-0.05, 0) is 36.4 Å². The van der Waals surface area contributed by atoms with Gasteiger partial charge in [0.25, 0.3) is 0 Å². The lowest BCUT2D eigenvalue weighted by Gasteiger charge is -2.09. The predicted octanol–water partition coefficient (Wildman–Crippen LogP) is 3.65. The van der Waals surface area contributed by atoms with Gasteiger partial charge in [0.15, 0.2) is 0 Å². The molecule has 3 aromatic rings. The lowest BCUT2D eigenvalue weighted by molar-refractivity contribution is -0.118. The van der Waals surface area contributed by atoms with Crippen LogP contribution in [0.4, 0.5) is 5.69 Å². The molecule has 0 saturated carbocycles. The maximum absolute atomic E-state index is 11.7. The zero-order valence-corrected chi connectivity index (χ0v) is 13.5. The molecule has 0 fully saturated rings. The summed E-state index contributed by atoms with van der Waals surface area (Å²) in [6.45, 7) is 3.70. The van der Waals surface area contributed by atoms with Crippen molar-refractivity contribution in [3.63, 3.8) is 0 Å². The summed E-state index contributed by atoms with van der Waals surface area (Å²) in [6, 6.07) is 12.8. The van der Waals surface area contributed by atoms with Crippen molar-refractivity contribution in [3.05, 3.63) is 61.2 Å². The second-order valence-electron chi connectivity index (χ2n) is 5.58. The maximum atomic E-state index is 11.7. The molecular weight excluding hydrogens is 304 g/mol. The molecule has 0 bridgehead atoms. The van der Waals surface area contributed by atoms with Crippen LogP contribution in [-0.2, 0) is 4.79 Å². The Morgan fingerprint density at radius 3 is 2.50 bits per heavy atom. The van der Waals surface area contributed by atoms with Gasteiger partial charge in [0.05, 0.1) is 0 Å². The number of hydrogen-bond donors (Lipinski definition) is 1. The van der Waals surface area contributed by atoms with Crippen molar-refractivity contribution in [1.82, 2.24) is 14.5 Å². The van der Waals surface area contributed by atoms with E-state index in [1.165, 1.54) is 6.33 Å². The van der Waals surface area contributed by atoms with Gasteiger partial charge in [-0.15, -0.1) is 0 Å². The fraction of sp³-hybridized carbons (Fsp3) is 0.167. The van der Waals surface area contributed by atoms with Crippen LogP contribution in [0.2, 0.25) is 0 Å². The van der Waals surface area contributed by atoms with Crippen molar-refractivity contribution in [3.8, 4) is 17.4 Å². The van der Waals surface area contributed by atoms with E-state index in [4.69, 9.17) is 4.74 Å². The molecule has 1 N–H and O–H groups in total. The minimum absolute atomic E-state index is 0.0177. The monoisotopic (exact) mass is 322 g/mol. The number of hydrogen-bond acceptors (Lipinski definition) is 4. The Morgan fingerprint density at radius 1 is 1.12 bits per heavy atom. The number of amides is 1. The molecule has 2 heterocycles. The van der Waals surface area contributed by atoms with Gasteiger partial charge >= 0.3 is 0 Å². The first kappa shape index (κ1) is 15.7. The van der Waals surface area contributed by atoms with Crippen LogP contribution in [0, 0.1) is 5.92 Å². The van der Waals surface area contributed by atoms with Crippen molar-refractivity contribution in [2.24, 2.45) is 5.92 Å². The van der Waals surface area contributed by atoms with Crippen LogP contribution < -0.4 is 10.1 Å². The zero-order valence-electron chi connectivity index (χ0n) is 13.5. The van der Waals surface area contributed by atoms with E-state index in [0.29, 0.717) is 11.6 Å². The second-order valence-corrected chi connectivity index (χ2v) is 5.58. The molecular formula is C18H18N4O2. The van der Waals surface area contributed by atoms with E-state index < -0.39 is 0 Å². The Kier molecular flexibility index (Phi) is 4.56. The normalized spacial score (nSPS) is 10.6. The number of nitrogens with zero attached hydrogens (tertiary/aromatic N) is 3. The van der Waals surface area contributed by atoms with E-state index in [1.54, 1.807) is 30.3 Å². The molecule has 0 aliphatic heterocycles. The average Bonchev–Trinajstić information content (AvgIpc) is 3.11. The molecule has 0 atom stereocenters. The fourth-order valence-corrected chi connectivity index (χ4v) is 2.03. The van der Waals surface area contributed by atoms with Crippen molar-refractivity contribution < 1.29 is 9.53 Å². The zero-order chi connectivity index (χ0) is 16.9. The highest BCUT2D eigenvalue weighted by atomic mass is 16.5. The van der Waals surface area contributed by atoms with E-state index >= 15 is 0 Å². The van der Waals surface area contributed by atoms with E-state index in [9.17, 15) is 4.79 Å². The summed E-state index contributed by atoms with van der Waals surface area (Å²) in [6.07, 6.45) is 5.26. The summed E-state index contributed by atoms with van der Waals surface area (Å²) < 4.78 is 7.62. The lowest BCUT2D eigenvalue weighted by Crippen LogP contribution is -2.17. The summed E-state index contributed by atoms with van der Waals surface area (Å²) in [5, 5.41) is 2.84. The number of carbonyl (C=O) groups is 1. The maximum Gasteiger partial charge on any atom is 0.226 e. The highest BCUT2D eigenvalue weighted by Crippen LogP contribution is 2.22. The van der Waals surface area contributed by atoms with Crippen LogP contribution in [0.25, 0.3) is 5.82 Å². The molecule has 0 spiro atoms. The van der Waals surface area contributed by atoms with Crippen LogP contribution in [0.15, 0.2) is 61.2 Å². The fourth-order valence-electron chi connectivity index (χ4n) is 2.03. The molecule has 0 saturated heterocycles. The van der Waals surface area contributed by atoms with Gasteiger partial charge in [-0.25, -0.2) is 9.97 Å². The Morgan fingerprint density at radius 2 is 1.83 bits per heavy atom. The Labute approximate surface area is 140 Å². The number of ether oxygens (including phenoxy) is 1. The third-order valence-corrected chi connectivity index (χ3v) is 3.37. The molecule has 6 heteroatoms. The predicted molar refractivity (Wildman–Crippen MR) is 91.3 cm³/mol. The molecule has 0 radical (unpaired) electrons. The Balaban J connectivity index is 1.70. The van der Waals surface area contributed by atoms with Crippen molar-refractivity contribution in [2.75, 3.05) is 5.32 Å². The highest BCUT2D eigenvalue weighted by Gasteiger charge is 2.07. The van der Waals surface area contributed by atoms with Crippen molar-refractivity contribution in [2.45, 2.75) is 13.8 Å². The summed E-state index contributed by atoms with van der Waals surface area (Å²) in [5.41, 5.74) is 0.733. The molecule has 6 nitrogen and oxygen atoms in total. The van der Waals surface area contributed by atoms with Gasteiger partial charge in [0, 0.05) is 30.1 Å². The number of benzene rings is 1. The Bertz CT molecular complexity index is 811. The quantitative estimate of drug-likeness (QED) is 0.778. The van der Waals surface area contributed by atoms with Crippen LogP contribution in [0.1, 0.15) is 13.8 Å². The highest BCUT2D eigenvalue weighted by molar-refractivity contribution is 5.92. The van der Waals surface area contributed by atoms with E-state index in [-0.39, 0.29) is 11.8 Å². The minimum Gasteiger partial charge on any atom is -0.439 e. The lowest BCUT2D eigenvalue weighted by atomic mass is 10.2. The first-order valence-electron chi connectivity index (χ1n) is 7.66. The largest absolute Gasteiger partial charge is 0.439 e. The Hall–Kier alpha value is -3.15. The van der Waals surface area contributed by atoms with Gasteiger partial charge in [-0.2, -0.15) is 0 Å².